The zero-order valence-corrected chi connectivity index (χ0v) is 20.6. The highest BCUT2D eigenvalue weighted by Crippen LogP contribution is 2.39. The van der Waals surface area contributed by atoms with Gasteiger partial charge in [-0.25, -0.2) is 26.7 Å². The number of nitrogens with zero attached hydrogens (tertiary/aromatic N) is 2. The summed E-state index contributed by atoms with van der Waals surface area (Å²) in [5.74, 6) is -5.03. The summed E-state index contributed by atoms with van der Waals surface area (Å²) in [7, 11) is 0.461. The van der Waals surface area contributed by atoms with E-state index in [1.54, 1.807) is 4.98 Å². The standard InChI is InChI=1S/C20H15BCl2F2N4O7S/c21-20(24,25)17-18(32)26-19(33)29(27-17)9-5-12(22)16(13(23)6-9)36-11-1-2-14(31)15(7-11)37(34,35)28-8-3-10(30)4-8/h1-2,5-8,10,28,30-31H,3-4H2,(H,26,32,33). The minimum absolute atomic E-state index is 0.104. The molecule has 4 N–H and O–H groups in total. The predicted octanol–water partition coefficient (Wildman–Crippen LogP) is 1.74. The molecule has 0 bridgehead atoms. The molecular formula is C20H15BCl2F2N4O7S. The van der Waals surface area contributed by atoms with Gasteiger partial charge in [-0.05, 0) is 37.1 Å². The van der Waals surface area contributed by atoms with Crippen molar-refractivity contribution in [3.05, 3.63) is 66.9 Å². The van der Waals surface area contributed by atoms with E-state index in [1.165, 1.54) is 6.07 Å². The molecule has 1 saturated carbocycles. The number of H-pyrrole nitrogens is 1. The molecule has 0 saturated heterocycles. The highest BCUT2D eigenvalue weighted by molar-refractivity contribution is 7.89. The maximum Gasteiger partial charge on any atom is 0.349 e. The van der Waals surface area contributed by atoms with Crippen LogP contribution in [0.2, 0.25) is 10.0 Å². The minimum atomic E-state index is -4.18. The van der Waals surface area contributed by atoms with Gasteiger partial charge in [0.05, 0.1) is 21.8 Å². The lowest BCUT2D eigenvalue weighted by atomic mass is 9.91. The van der Waals surface area contributed by atoms with Crippen LogP contribution in [0, 0.1) is 0 Å². The first-order valence-corrected chi connectivity index (χ1v) is 12.5. The van der Waals surface area contributed by atoms with Gasteiger partial charge in [-0.1, -0.05) is 23.2 Å². The highest BCUT2D eigenvalue weighted by Gasteiger charge is 2.33. The Bertz CT molecular complexity index is 1580. The minimum Gasteiger partial charge on any atom is -0.507 e. The molecule has 0 unspecified atom stereocenters. The first-order valence-electron chi connectivity index (χ1n) is 10.3. The van der Waals surface area contributed by atoms with E-state index in [0.29, 0.717) is 4.68 Å². The molecule has 0 atom stereocenters. The third-order valence-corrected chi connectivity index (χ3v) is 7.36. The Morgan fingerprint density at radius 1 is 1.19 bits per heavy atom. The highest BCUT2D eigenvalue weighted by atomic mass is 35.5. The summed E-state index contributed by atoms with van der Waals surface area (Å²) >= 11 is 12.4. The summed E-state index contributed by atoms with van der Waals surface area (Å²) in [6.45, 7) is 0. The Hall–Kier alpha value is -2.98. The van der Waals surface area contributed by atoms with Crippen LogP contribution in [-0.4, -0.2) is 53.4 Å². The first kappa shape index (κ1) is 27.1. The first-order chi connectivity index (χ1) is 17.2. The number of benzene rings is 2. The summed E-state index contributed by atoms with van der Waals surface area (Å²) in [6.07, 6.45) is -0.152. The fraction of sp³-hybridized carbons (Fsp3) is 0.250. The Morgan fingerprint density at radius 2 is 1.81 bits per heavy atom. The molecule has 1 aliphatic rings. The Balaban J connectivity index is 1.67. The third-order valence-electron chi connectivity index (χ3n) is 5.25. The van der Waals surface area contributed by atoms with Crippen molar-refractivity contribution in [2.45, 2.75) is 35.7 Å². The quantitative estimate of drug-likeness (QED) is 0.310. The van der Waals surface area contributed by atoms with E-state index >= 15 is 0 Å². The summed E-state index contributed by atoms with van der Waals surface area (Å²) < 4.78 is 60.7. The zero-order valence-electron chi connectivity index (χ0n) is 18.3. The van der Waals surface area contributed by atoms with E-state index < -0.39 is 55.6 Å². The van der Waals surface area contributed by atoms with Gasteiger partial charge in [0, 0.05) is 12.1 Å². The number of aliphatic hydroxyl groups is 1. The Labute approximate surface area is 218 Å². The fourth-order valence-electron chi connectivity index (χ4n) is 3.42. The molecule has 4 rings (SSSR count). The van der Waals surface area contributed by atoms with Crippen LogP contribution in [0.15, 0.2) is 44.8 Å². The SMILES string of the molecule is [B]C(F)(F)c1nn(-c2cc(Cl)c(Oc3ccc(O)c(S(=O)(=O)NC4CC(O)C4)c3)c(Cl)c2)c(=O)[nH]c1=O. The molecule has 37 heavy (non-hydrogen) atoms. The molecule has 0 amide bonds. The number of aromatic nitrogens is 3. The van der Waals surface area contributed by atoms with E-state index in [0.717, 1.165) is 24.3 Å². The second kappa shape index (κ2) is 9.72. The number of phenolic OH excluding ortho intramolecular Hbond substituents is 1. The largest absolute Gasteiger partial charge is 0.507 e. The molecule has 3 aromatic rings. The molecule has 0 aliphatic heterocycles. The molecular weight excluding hydrogens is 560 g/mol. The number of sulfonamides is 1. The number of aromatic amines is 1. The average Bonchev–Trinajstić information content (AvgIpc) is 2.75. The van der Waals surface area contributed by atoms with Crippen molar-refractivity contribution in [1.29, 1.82) is 0 Å². The number of ether oxygens (including phenoxy) is 1. The summed E-state index contributed by atoms with van der Waals surface area (Å²) in [6, 6.07) is 4.94. The van der Waals surface area contributed by atoms with Crippen LogP contribution < -0.4 is 20.7 Å². The predicted molar refractivity (Wildman–Crippen MR) is 128 cm³/mol. The van der Waals surface area contributed by atoms with Gasteiger partial charge < -0.3 is 14.9 Å². The van der Waals surface area contributed by atoms with Crippen LogP contribution in [0.25, 0.3) is 5.69 Å². The molecule has 194 valence electrons. The summed E-state index contributed by atoms with van der Waals surface area (Å²) in [4.78, 5) is 24.9. The number of nitrogens with one attached hydrogen (secondary N) is 2. The lowest BCUT2D eigenvalue weighted by Crippen LogP contribution is -2.46. The van der Waals surface area contributed by atoms with Gasteiger partial charge in [0.2, 0.25) is 15.8 Å². The number of halogens is 4. The maximum atomic E-state index is 13.5. The van der Waals surface area contributed by atoms with Gasteiger partial charge >= 0.3 is 5.69 Å². The van der Waals surface area contributed by atoms with Gasteiger partial charge in [0.1, 0.15) is 16.4 Å². The number of hydrogen-bond acceptors (Lipinski definition) is 8. The topological polar surface area (TPSA) is 164 Å². The third kappa shape index (κ3) is 5.65. The smallest absolute Gasteiger partial charge is 0.349 e. The zero-order chi connectivity index (χ0) is 27.3. The van der Waals surface area contributed by atoms with Crippen LogP contribution in [0.5, 0.6) is 17.2 Å². The van der Waals surface area contributed by atoms with Crippen molar-refractivity contribution in [2.75, 3.05) is 0 Å². The van der Waals surface area contributed by atoms with Crippen LogP contribution >= 0.6 is 23.2 Å². The van der Waals surface area contributed by atoms with E-state index in [2.05, 4.69) is 17.7 Å². The monoisotopic (exact) mass is 574 g/mol. The van der Waals surface area contributed by atoms with Crippen molar-refractivity contribution >= 4 is 41.1 Å². The second-order valence-corrected chi connectivity index (χ2v) is 10.6. The molecule has 1 heterocycles. The number of aromatic hydroxyl groups is 1. The second-order valence-electron chi connectivity index (χ2n) is 8.06. The molecule has 0 spiro atoms. The lowest BCUT2D eigenvalue weighted by molar-refractivity contribution is 0.0711. The van der Waals surface area contributed by atoms with Crippen molar-refractivity contribution in [3.8, 4) is 22.9 Å². The lowest BCUT2D eigenvalue weighted by Gasteiger charge is -2.31. The van der Waals surface area contributed by atoms with Gasteiger partial charge in [0.15, 0.2) is 19.3 Å². The van der Waals surface area contributed by atoms with E-state index in [9.17, 15) is 37.0 Å². The van der Waals surface area contributed by atoms with Crippen LogP contribution in [0.3, 0.4) is 0 Å². The van der Waals surface area contributed by atoms with Crippen molar-refractivity contribution in [3.63, 3.8) is 0 Å². The molecule has 1 aromatic heterocycles. The van der Waals surface area contributed by atoms with E-state index in [-0.39, 0.29) is 40.1 Å². The van der Waals surface area contributed by atoms with Gasteiger partial charge in [0.25, 0.3) is 5.56 Å². The van der Waals surface area contributed by atoms with Crippen molar-refractivity contribution < 1.29 is 32.1 Å². The van der Waals surface area contributed by atoms with Gasteiger partial charge in [-0.15, -0.1) is 0 Å². The average molecular weight is 575 g/mol. The van der Waals surface area contributed by atoms with E-state index in [1.807, 2.05) is 0 Å². The number of aliphatic hydroxyl groups excluding tert-OH is 1. The number of hydrogen-bond donors (Lipinski definition) is 4. The van der Waals surface area contributed by atoms with Gasteiger partial charge in [-0.2, -0.15) is 9.78 Å². The molecule has 11 nitrogen and oxygen atoms in total. The molecule has 2 radical (unpaired) electrons. The van der Waals surface area contributed by atoms with Crippen LogP contribution in [0.1, 0.15) is 18.5 Å². The number of alkyl halides is 2. The molecule has 1 fully saturated rings. The van der Waals surface area contributed by atoms with Gasteiger partial charge in [-0.3, -0.25) is 9.78 Å². The molecule has 17 heteroatoms. The number of rotatable bonds is 7. The van der Waals surface area contributed by atoms with Crippen LogP contribution in [0.4, 0.5) is 8.78 Å². The van der Waals surface area contributed by atoms with Crippen molar-refractivity contribution in [1.82, 2.24) is 19.5 Å². The number of phenols is 1. The molecule has 2 aromatic carbocycles. The Kier molecular flexibility index (Phi) is 7.11. The Morgan fingerprint density at radius 3 is 2.38 bits per heavy atom. The van der Waals surface area contributed by atoms with E-state index in [4.69, 9.17) is 27.9 Å². The fourth-order valence-corrected chi connectivity index (χ4v) is 5.34. The normalized spacial score (nSPS) is 17.9. The van der Waals surface area contributed by atoms with Crippen LogP contribution in [-0.2, 0) is 15.8 Å². The summed E-state index contributed by atoms with van der Waals surface area (Å²) in [5, 5.41) is 22.3. The molecule has 1 aliphatic carbocycles. The van der Waals surface area contributed by atoms with Crippen molar-refractivity contribution in [2.24, 2.45) is 0 Å². The maximum absolute atomic E-state index is 13.5. The summed E-state index contributed by atoms with van der Waals surface area (Å²) in [5.41, 5.74) is -4.32.